The minimum atomic E-state index is 0.358. The average molecular weight is 269 g/mol. The molecule has 2 rings (SSSR count). The average Bonchev–Trinajstić information content (AvgIpc) is 2.48. The first kappa shape index (κ1) is 14.6. The van der Waals surface area contributed by atoms with Gasteiger partial charge in [0.25, 0.3) is 0 Å². The fourth-order valence-corrected chi connectivity index (χ4v) is 2.48. The van der Waals surface area contributed by atoms with Crippen molar-refractivity contribution in [2.45, 2.75) is 32.4 Å². The molecule has 2 atom stereocenters. The van der Waals surface area contributed by atoms with Crippen molar-refractivity contribution in [1.82, 2.24) is 5.32 Å². The molecule has 2 heteroatoms. The summed E-state index contributed by atoms with van der Waals surface area (Å²) in [4.78, 5) is 0. The van der Waals surface area contributed by atoms with Crippen LogP contribution in [0.3, 0.4) is 0 Å². The van der Waals surface area contributed by atoms with E-state index >= 15 is 0 Å². The topological polar surface area (TPSA) is 21.3 Å². The Kier molecular flexibility index (Phi) is 5.19. The first-order valence-corrected chi connectivity index (χ1v) is 7.13. The molecule has 0 fully saturated rings. The summed E-state index contributed by atoms with van der Waals surface area (Å²) in [6.45, 7) is 4.43. The molecule has 2 aromatic carbocycles. The Morgan fingerprint density at radius 3 is 2.45 bits per heavy atom. The van der Waals surface area contributed by atoms with Crippen LogP contribution in [0.4, 0.5) is 0 Å². The van der Waals surface area contributed by atoms with Crippen LogP contribution in [0, 0.1) is 0 Å². The second kappa shape index (κ2) is 7.11. The van der Waals surface area contributed by atoms with Crippen molar-refractivity contribution in [3.05, 3.63) is 65.7 Å². The molecule has 0 aliphatic carbocycles. The van der Waals surface area contributed by atoms with Crippen molar-refractivity contribution < 1.29 is 4.74 Å². The van der Waals surface area contributed by atoms with Crippen molar-refractivity contribution in [3.8, 4) is 5.75 Å². The van der Waals surface area contributed by atoms with Crippen molar-refractivity contribution in [2.24, 2.45) is 0 Å². The maximum Gasteiger partial charge on any atom is 0.119 e. The van der Waals surface area contributed by atoms with E-state index in [4.69, 9.17) is 4.74 Å². The summed E-state index contributed by atoms with van der Waals surface area (Å²) in [5.74, 6) is 0.922. The van der Waals surface area contributed by atoms with E-state index in [2.05, 4.69) is 61.6 Å². The van der Waals surface area contributed by atoms with E-state index < -0.39 is 0 Å². The van der Waals surface area contributed by atoms with Gasteiger partial charge in [0.2, 0.25) is 0 Å². The lowest BCUT2D eigenvalue weighted by molar-refractivity contribution is 0.413. The van der Waals surface area contributed by atoms with Crippen LogP contribution in [0.1, 0.15) is 31.0 Å². The van der Waals surface area contributed by atoms with Gasteiger partial charge in [-0.3, -0.25) is 0 Å². The molecule has 2 aromatic rings. The fourth-order valence-electron chi connectivity index (χ4n) is 2.48. The molecule has 0 radical (unpaired) electrons. The summed E-state index contributed by atoms with van der Waals surface area (Å²) >= 11 is 0. The Hall–Kier alpha value is -1.80. The third-order valence-corrected chi connectivity index (χ3v) is 3.51. The van der Waals surface area contributed by atoms with E-state index in [0.717, 1.165) is 12.2 Å². The number of hydrogen-bond donors (Lipinski definition) is 1. The van der Waals surface area contributed by atoms with Crippen LogP contribution in [0.15, 0.2) is 54.6 Å². The Labute approximate surface area is 121 Å². The molecule has 2 nitrogen and oxygen atoms in total. The molecule has 0 spiro atoms. The van der Waals surface area contributed by atoms with Gasteiger partial charge in [-0.1, -0.05) is 42.5 Å². The molecule has 1 N–H and O–H groups in total. The van der Waals surface area contributed by atoms with E-state index in [1.807, 2.05) is 12.1 Å². The smallest absolute Gasteiger partial charge is 0.119 e. The van der Waals surface area contributed by atoms with Gasteiger partial charge in [0.05, 0.1) is 7.11 Å². The van der Waals surface area contributed by atoms with E-state index in [1.165, 1.54) is 11.1 Å². The summed E-state index contributed by atoms with van der Waals surface area (Å²) in [5.41, 5.74) is 2.62. The van der Waals surface area contributed by atoms with Gasteiger partial charge in [0, 0.05) is 12.1 Å². The highest BCUT2D eigenvalue weighted by Gasteiger charge is 2.10. The van der Waals surface area contributed by atoms with Crippen LogP contribution < -0.4 is 10.1 Å². The molecule has 0 unspecified atom stereocenters. The first-order valence-electron chi connectivity index (χ1n) is 7.13. The van der Waals surface area contributed by atoms with Crippen LogP contribution in [-0.4, -0.2) is 13.2 Å². The predicted octanol–water partition coefficient (Wildman–Crippen LogP) is 3.98. The molecule has 0 saturated heterocycles. The van der Waals surface area contributed by atoms with Gasteiger partial charge in [-0.25, -0.2) is 0 Å². The second-order valence-corrected chi connectivity index (χ2v) is 5.26. The number of hydrogen-bond acceptors (Lipinski definition) is 2. The van der Waals surface area contributed by atoms with E-state index in [9.17, 15) is 0 Å². The molecule has 0 bridgehead atoms. The third-order valence-electron chi connectivity index (χ3n) is 3.51. The van der Waals surface area contributed by atoms with Crippen molar-refractivity contribution in [1.29, 1.82) is 0 Å². The summed E-state index contributed by atoms with van der Waals surface area (Å²) in [6.07, 6.45) is 0.994. The molecule has 0 aliphatic heterocycles. The van der Waals surface area contributed by atoms with Gasteiger partial charge in [-0.05, 0) is 43.5 Å². The number of rotatable bonds is 6. The van der Waals surface area contributed by atoms with Gasteiger partial charge < -0.3 is 10.1 Å². The highest BCUT2D eigenvalue weighted by Crippen LogP contribution is 2.16. The van der Waals surface area contributed by atoms with Gasteiger partial charge in [0.1, 0.15) is 5.75 Å². The fraction of sp³-hybridized carbons (Fsp3) is 0.333. The maximum atomic E-state index is 5.27. The quantitative estimate of drug-likeness (QED) is 0.856. The number of methoxy groups -OCH3 is 1. The number of nitrogens with one attached hydrogen (secondary N) is 1. The molecule has 106 valence electrons. The van der Waals surface area contributed by atoms with E-state index in [1.54, 1.807) is 7.11 Å². The molecule has 20 heavy (non-hydrogen) atoms. The molecule has 0 aromatic heterocycles. The zero-order valence-corrected chi connectivity index (χ0v) is 12.5. The Bertz CT molecular complexity index is 524. The van der Waals surface area contributed by atoms with Crippen LogP contribution in [0.5, 0.6) is 5.75 Å². The predicted molar refractivity (Wildman–Crippen MR) is 84.2 cm³/mol. The second-order valence-electron chi connectivity index (χ2n) is 5.26. The molecule has 0 aliphatic rings. The van der Waals surface area contributed by atoms with Gasteiger partial charge in [-0.2, -0.15) is 0 Å². The SMILES string of the molecule is COc1cccc(C[C@H](C)N[C@@H](C)c2ccccc2)c1. The largest absolute Gasteiger partial charge is 0.497 e. The van der Waals surface area contributed by atoms with Gasteiger partial charge >= 0.3 is 0 Å². The monoisotopic (exact) mass is 269 g/mol. The lowest BCUT2D eigenvalue weighted by atomic mass is 10.0. The minimum absolute atomic E-state index is 0.358. The Morgan fingerprint density at radius 1 is 1.00 bits per heavy atom. The van der Waals surface area contributed by atoms with Gasteiger partial charge in [-0.15, -0.1) is 0 Å². The van der Waals surface area contributed by atoms with Crippen LogP contribution in [0.2, 0.25) is 0 Å². The summed E-state index contributed by atoms with van der Waals surface area (Å²) < 4.78 is 5.27. The summed E-state index contributed by atoms with van der Waals surface area (Å²) in [5, 5.41) is 3.64. The molecule has 0 amide bonds. The number of benzene rings is 2. The Balaban J connectivity index is 1.93. The zero-order chi connectivity index (χ0) is 14.4. The lowest BCUT2D eigenvalue weighted by Gasteiger charge is -2.20. The summed E-state index contributed by atoms with van der Waals surface area (Å²) in [7, 11) is 1.71. The molecular weight excluding hydrogens is 246 g/mol. The van der Waals surface area contributed by atoms with E-state index in [0.29, 0.717) is 12.1 Å². The zero-order valence-electron chi connectivity index (χ0n) is 12.5. The standard InChI is InChI=1S/C18H23NO/c1-14(12-16-8-7-11-18(13-16)20-3)19-15(2)17-9-5-4-6-10-17/h4-11,13-15,19H,12H2,1-3H3/t14-,15-/m0/s1. The third kappa shape index (κ3) is 4.10. The van der Waals surface area contributed by atoms with Crippen molar-refractivity contribution >= 4 is 0 Å². The van der Waals surface area contributed by atoms with Gasteiger partial charge in [0.15, 0.2) is 0 Å². The van der Waals surface area contributed by atoms with Crippen molar-refractivity contribution in [3.63, 3.8) is 0 Å². The molecule has 0 saturated carbocycles. The number of ether oxygens (including phenoxy) is 1. The minimum Gasteiger partial charge on any atom is -0.497 e. The Morgan fingerprint density at radius 2 is 1.75 bits per heavy atom. The van der Waals surface area contributed by atoms with Crippen LogP contribution >= 0.6 is 0 Å². The van der Waals surface area contributed by atoms with Crippen LogP contribution in [0.25, 0.3) is 0 Å². The lowest BCUT2D eigenvalue weighted by Crippen LogP contribution is -2.30. The first-order chi connectivity index (χ1) is 9.69. The maximum absolute atomic E-state index is 5.27. The van der Waals surface area contributed by atoms with E-state index in [-0.39, 0.29) is 0 Å². The highest BCUT2D eigenvalue weighted by molar-refractivity contribution is 5.29. The normalized spacial score (nSPS) is 13.8. The highest BCUT2D eigenvalue weighted by atomic mass is 16.5. The van der Waals surface area contributed by atoms with Crippen molar-refractivity contribution in [2.75, 3.05) is 7.11 Å². The molecule has 0 heterocycles. The van der Waals surface area contributed by atoms with Crippen LogP contribution in [-0.2, 0) is 6.42 Å². The molecular formula is C18H23NO. The summed E-state index contributed by atoms with van der Waals surface area (Å²) in [6, 6.07) is 19.6.